The summed E-state index contributed by atoms with van der Waals surface area (Å²) in [7, 11) is 0. The molecular weight excluding hydrogens is 214 g/mol. The van der Waals surface area contributed by atoms with E-state index in [-0.39, 0.29) is 0 Å². The summed E-state index contributed by atoms with van der Waals surface area (Å²) in [5.41, 5.74) is 4.47. The molecule has 1 N–H and O–H groups in total. The molecular formula is C14H21NS. The summed E-state index contributed by atoms with van der Waals surface area (Å²) in [5.74, 6) is 0.643. The molecule has 88 valence electrons. The van der Waals surface area contributed by atoms with Crippen molar-refractivity contribution in [3.05, 3.63) is 29.3 Å². The molecule has 2 atom stereocenters. The number of benzene rings is 1. The Bertz CT molecular complexity index is 362. The molecule has 16 heavy (non-hydrogen) atoms. The van der Waals surface area contributed by atoms with Crippen LogP contribution >= 0.6 is 11.8 Å². The first kappa shape index (κ1) is 11.8. The van der Waals surface area contributed by atoms with Crippen LogP contribution in [0.3, 0.4) is 0 Å². The van der Waals surface area contributed by atoms with E-state index < -0.39 is 0 Å². The average molecular weight is 235 g/mol. The van der Waals surface area contributed by atoms with E-state index in [0.717, 1.165) is 6.54 Å². The summed E-state index contributed by atoms with van der Waals surface area (Å²) >= 11 is 1.96. The summed E-state index contributed by atoms with van der Waals surface area (Å²) in [6.45, 7) is 5.80. The summed E-state index contributed by atoms with van der Waals surface area (Å²) < 4.78 is 0. The smallest absolute Gasteiger partial charge is 0.0375 e. The Morgan fingerprint density at radius 2 is 2.12 bits per heavy atom. The Morgan fingerprint density at radius 1 is 1.31 bits per heavy atom. The maximum atomic E-state index is 3.51. The Hall–Kier alpha value is -0.630. The van der Waals surface area contributed by atoms with Gasteiger partial charge in [-0.3, -0.25) is 0 Å². The number of hydrogen-bond acceptors (Lipinski definition) is 2. The zero-order valence-electron chi connectivity index (χ0n) is 10.4. The minimum absolute atomic E-state index is 0.643. The lowest BCUT2D eigenvalue weighted by Crippen LogP contribution is -2.17. The zero-order valence-corrected chi connectivity index (χ0v) is 11.2. The molecule has 2 heteroatoms. The van der Waals surface area contributed by atoms with Crippen molar-refractivity contribution in [2.24, 2.45) is 0 Å². The molecule has 1 aliphatic rings. The molecule has 1 aliphatic heterocycles. The quantitative estimate of drug-likeness (QED) is 0.852. The average Bonchev–Trinajstić information content (AvgIpc) is 2.36. The predicted octanol–water partition coefficient (Wildman–Crippen LogP) is 3.90. The first-order valence-corrected chi connectivity index (χ1v) is 7.41. The van der Waals surface area contributed by atoms with E-state index >= 15 is 0 Å². The highest BCUT2D eigenvalue weighted by Crippen LogP contribution is 2.34. The van der Waals surface area contributed by atoms with Crippen LogP contribution in [0.2, 0.25) is 0 Å². The van der Waals surface area contributed by atoms with E-state index in [1.165, 1.54) is 18.5 Å². The van der Waals surface area contributed by atoms with Crippen molar-refractivity contribution in [1.82, 2.24) is 0 Å². The lowest BCUT2D eigenvalue weighted by molar-refractivity contribution is 0.724. The van der Waals surface area contributed by atoms with E-state index in [0.29, 0.717) is 11.2 Å². The molecule has 0 bridgehead atoms. The second-order valence-corrected chi connectivity index (χ2v) is 5.85. The summed E-state index contributed by atoms with van der Waals surface area (Å²) in [6, 6.07) is 6.72. The van der Waals surface area contributed by atoms with Crippen LogP contribution in [0.25, 0.3) is 0 Å². The maximum absolute atomic E-state index is 3.51. The lowest BCUT2D eigenvalue weighted by atomic mass is 9.89. The van der Waals surface area contributed by atoms with Crippen molar-refractivity contribution >= 4 is 17.4 Å². The van der Waals surface area contributed by atoms with Gasteiger partial charge < -0.3 is 5.32 Å². The number of rotatable bonds is 3. The van der Waals surface area contributed by atoms with Crippen molar-refractivity contribution in [3.8, 4) is 0 Å². The molecule has 0 spiro atoms. The fourth-order valence-electron chi connectivity index (χ4n) is 2.42. The Labute approximate surface area is 103 Å². The monoisotopic (exact) mass is 235 g/mol. The molecule has 1 heterocycles. The lowest BCUT2D eigenvalue weighted by Gasteiger charge is -2.26. The van der Waals surface area contributed by atoms with Gasteiger partial charge in [-0.25, -0.2) is 0 Å². The third kappa shape index (κ3) is 2.22. The van der Waals surface area contributed by atoms with Gasteiger partial charge in [0.25, 0.3) is 0 Å². The van der Waals surface area contributed by atoms with Gasteiger partial charge in [-0.1, -0.05) is 26.0 Å². The van der Waals surface area contributed by atoms with Crippen molar-refractivity contribution < 1.29 is 0 Å². The molecule has 0 amide bonds. The van der Waals surface area contributed by atoms with Crippen LogP contribution in [0.15, 0.2) is 18.2 Å². The number of nitrogens with one attached hydrogen (secondary N) is 1. The maximum Gasteiger partial charge on any atom is 0.0375 e. The van der Waals surface area contributed by atoms with Crippen molar-refractivity contribution in [3.63, 3.8) is 0 Å². The molecule has 0 aliphatic carbocycles. The molecule has 1 aromatic rings. The molecule has 1 nitrogen and oxygen atoms in total. The highest BCUT2D eigenvalue weighted by atomic mass is 32.2. The normalized spacial score (nSPS) is 18.4. The highest BCUT2D eigenvalue weighted by Gasteiger charge is 2.19. The summed E-state index contributed by atoms with van der Waals surface area (Å²) in [5, 5.41) is 4.20. The van der Waals surface area contributed by atoms with Gasteiger partial charge in [0.2, 0.25) is 0 Å². The van der Waals surface area contributed by atoms with Gasteiger partial charge in [0.15, 0.2) is 0 Å². The van der Waals surface area contributed by atoms with E-state index in [1.807, 2.05) is 11.8 Å². The first-order chi connectivity index (χ1) is 7.74. The summed E-state index contributed by atoms with van der Waals surface area (Å²) in [4.78, 5) is 0. The molecule has 1 aromatic carbocycles. The van der Waals surface area contributed by atoms with Crippen LogP contribution in [-0.4, -0.2) is 18.1 Å². The molecule has 0 fully saturated rings. The minimum atomic E-state index is 0.643. The van der Waals surface area contributed by atoms with E-state index in [9.17, 15) is 0 Å². The van der Waals surface area contributed by atoms with Crippen LogP contribution in [0.5, 0.6) is 0 Å². The third-order valence-corrected chi connectivity index (χ3v) is 4.85. The van der Waals surface area contributed by atoms with Crippen molar-refractivity contribution in [2.75, 3.05) is 18.1 Å². The predicted molar refractivity (Wildman–Crippen MR) is 74.6 cm³/mol. The van der Waals surface area contributed by atoms with Crippen molar-refractivity contribution in [1.29, 1.82) is 0 Å². The molecule has 2 unspecified atom stereocenters. The zero-order chi connectivity index (χ0) is 11.5. The van der Waals surface area contributed by atoms with Crippen LogP contribution < -0.4 is 5.32 Å². The van der Waals surface area contributed by atoms with E-state index in [4.69, 9.17) is 0 Å². The summed E-state index contributed by atoms with van der Waals surface area (Å²) in [6.07, 6.45) is 4.71. The fourth-order valence-corrected chi connectivity index (χ4v) is 2.98. The number of anilines is 1. The molecule has 0 saturated heterocycles. The number of thioether (sulfide) groups is 1. The molecule has 0 aromatic heterocycles. The Balaban J connectivity index is 2.33. The second kappa shape index (κ2) is 5.13. The molecule has 0 saturated carbocycles. The van der Waals surface area contributed by atoms with E-state index in [1.54, 1.807) is 11.1 Å². The van der Waals surface area contributed by atoms with Gasteiger partial charge in [0.05, 0.1) is 0 Å². The number of fused-ring (bicyclic) bond motifs is 1. The minimum Gasteiger partial charge on any atom is -0.385 e. The highest BCUT2D eigenvalue weighted by molar-refractivity contribution is 7.99. The topological polar surface area (TPSA) is 12.0 Å². The second-order valence-electron chi connectivity index (χ2n) is 4.63. The van der Waals surface area contributed by atoms with Gasteiger partial charge in [0.1, 0.15) is 0 Å². The molecule has 2 rings (SSSR count). The standard InChI is InChI=1S/C14H21NS/c1-10(11(2)16-3)12-6-4-8-14-13(12)7-5-9-15-14/h4,6,8,10-11,15H,5,7,9H2,1-3H3. The van der Waals surface area contributed by atoms with Gasteiger partial charge in [-0.15, -0.1) is 0 Å². The van der Waals surface area contributed by atoms with Gasteiger partial charge >= 0.3 is 0 Å². The van der Waals surface area contributed by atoms with Crippen LogP contribution in [0.1, 0.15) is 37.3 Å². The van der Waals surface area contributed by atoms with Crippen LogP contribution in [0, 0.1) is 0 Å². The Morgan fingerprint density at radius 3 is 2.88 bits per heavy atom. The van der Waals surface area contributed by atoms with Crippen LogP contribution in [-0.2, 0) is 6.42 Å². The van der Waals surface area contributed by atoms with E-state index in [2.05, 4.69) is 43.6 Å². The molecule has 0 radical (unpaired) electrons. The van der Waals surface area contributed by atoms with Crippen LogP contribution in [0.4, 0.5) is 5.69 Å². The third-order valence-electron chi connectivity index (χ3n) is 3.70. The fraction of sp³-hybridized carbons (Fsp3) is 0.571. The largest absolute Gasteiger partial charge is 0.385 e. The first-order valence-electron chi connectivity index (χ1n) is 6.12. The van der Waals surface area contributed by atoms with Gasteiger partial charge in [-0.2, -0.15) is 11.8 Å². The Kier molecular flexibility index (Phi) is 3.80. The number of hydrogen-bond donors (Lipinski definition) is 1. The van der Waals surface area contributed by atoms with Gasteiger partial charge in [0, 0.05) is 17.5 Å². The SMILES string of the molecule is CSC(C)C(C)c1cccc2c1CCCN2. The van der Waals surface area contributed by atoms with Crippen molar-refractivity contribution in [2.45, 2.75) is 37.9 Å². The van der Waals surface area contributed by atoms with Gasteiger partial charge in [-0.05, 0) is 42.2 Å².